The van der Waals surface area contributed by atoms with Crippen molar-refractivity contribution in [1.82, 2.24) is 0 Å². The first kappa shape index (κ1) is 21.9. The highest BCUT2D eigenvalue weighted by Crippen LogP contribution is 2.15. The zero-order valence-corrected chi connectivity index (χ0v) is 18.0. The Hall–Kier alpha value is -1.35. The van der Waals surface area contributed by atoms with E-state index in [1.807, 2.05) is 0 Å². The van der Waals surface area contributed by atoms with E-state index in [0.29, 0.717) is 0 Å². The van der Waals surface area contributed by atoms with Gasteiger partial charge >= 0.3 is 0 Å². The Morgan fingerprint density at radius 1 is 0.593 bits per heavy atom. The smallest absolute Gasteiger partial charge is 0.169 e. The van der Waals surface area contributed by atoms with Crippen LogP contribution in [0.2, 0.25) is 0 Å². The fourth-order valence-electron chi connectivity index (χ4n) is 3.43. The maximum atomic E-state index is 4.27. The third-order valence-electron chi connectivity index (χ3n) is 5.21. The summed E-state index contributed by atoms with van der Waals surface area (Å²) in [5.41, 5.74) is 2.60. The highest BCUT2D eigenvalue weighted by molar-refractivity contribution is 7.80. The second kappa shape index (κ2) is 13.8. The predicted molar refractivity (Wildman–Crippen MR) is 118 cm³/mol. The lowest BCUT2D eigenvalue weighted by atomic mass is 10.1. The molecule has 2 rings (SSSR count). The summed E-state index contributed by atoms with van der Waals surface area (Å²) in [7, 11) is 0. The van der Waals surface area contributed by atoms with Gasteiger partial charge < -0.3 is 0 Å². The van der Waals surface area contributed by atoms with Crippen molar-refractivity contribution in [2.75, 3.05) is 5.75 Å². The molecule has 0 aromatic carbocycles. The monoisotopic (exact) mass is 386 g/mol. The third kappa shape index (κ3) is 8.92. The van der Waals surface area contributed by atoms with Gasteiger partial charge in [-0.3, -0.25) is 0 Å². The van der Waals surface area contributed by atoms with Gasteiger partial charge in [-0.15, -0.1) is 0 Å². The van der Waals surface area contributed by atoms with Gasteiger partial charge in [0.05, 0.1) is 0 Å². The van der Waals surface area contributed by atoms with E-state index in [0.717, 1.165) is 18.8 Å². The SMILES string of the molecule is CCCCCCCC[n+]1ccc(-c2cc[n+](CCCCCCS)cc2)cc1. The molecular weight excluding hydrogens is 348 g/mol. The Labute approximate surface area is 172 Å². The van der Waals surface area contributed by atoms with Crippen LogP contribution in [0, 0.1) is 0 Å². The minimum absolute atomic E-state index is 1.01. The second-order valence-corrected chi connectivity index (χ2v) is 8.00. The van der Waals surface area contributed by atoms with Crippen LogP contribution in [-0.2, 0) is 13.1 Å². The van der Waals surface area contributed by atoms with Crippen molar-refractivity contribution in [2.45, 2.75) is 84.2 Å². The lowest BCUT2D eigenvalue weighted by molar-refractivity contribution is -0.697. The summed E-state index contributed by atoms with van der Waals surface area (Å²) in [5.74, 6) is 1.01. The topological polar surface area (TPSA) is 7.76 Å². The molecule has 0 bridgehead atoms. The number of nitrogens with zero attached hydrogens (tertiary/aromatic N) is 2. The largest absolute Gasteiger partial charge is 0.205 e. The van der Waals surface area contributed by atoms with Gasteiger partial charge in [0, 0.05) is 37.1 Å². The summed E-state index contributed by atoms with van der Waals surface area (Å²) in [6, 6.07) is 8.96. The molecule has 2 heterocycles. The summed E-state index contributed by atoms with van der Waals surface area (Å²) in [5, 5.41) is 0. The van der Waals surface area contributed by atoms with Gasteiger partial charge in [0.25, 0.3) is 0 Å². The van der Waals surface area contributed by atoms with Crippen LogP contribution in [-0.4, -0.2) is 5.75 Å². The Kier molecular flexibility index (Phi) is 11.2. The molecule has 0 radical (unpaired) electrons. The van der Waals surface area contributed by atoms with E-state index in [-0.39, 0.29) is 0 Å². The molecule has 0 saturated carbocycles. The summed E-state index contributed by atoms with van der Waals surface area (Å²) in [6.07, 6.45) is 22.1. The van der Waals surface area contributed by atoms with Crippen LogP contribution in [0.1, 0.15) is 71.1 Å². The number of aromatic nitrogens is 2. The Bertz CT molecular complexity index is 607. The second-order valence-electron chi connectivity index (χ2n) is 7.55. The molecule has 3 heteroatoms. The molecule has 0 aliphatic rings. The third-order valence-corrected chi connectivity index (χ3v) is 5.53. The van der Waals surface area contributed by atoms with Crippen LogP contribution >= 0.6 is 12.6 Å². The van der Waals surface area contributed by atoms with Crippen LogP contribution in [0.25, 0.3) is 11.1 Å². The lowest BCUT2D eigenvalue weighted by Crippen LogP contribution is -2.33. The highest BCUT2D eigenvalue weighted by Gasteiger charge is 2.06. The molecule has 2 aromatic rings. The van der Waals surface area contributed by atoms with Gasteiger partial charge in [0.2, 0.25) is 0 Å². The lowest BCUT2D eigenvalue weighted by Gasteiger charge is -2.02. The zero-order valence-electron chi connectivity index (χ0n) is 17.2. The van der Waals surface area contributed by atoms with Crippen molar-refractivity contribution in [3.05, 3.63) is 49.1 Å². The van der Waals surface area contributed by atoms with Crippen molar-refractivity contribution < 1.29 is 9.13 Å². The average Bonchev–Trinajstić information content (AvgIpc) is 2.71. The number of aryl methyl sites for hydroxylation is 2. The van der Waals surface area contributed by atoms with Gasteiger partial charge in [-0.2, -0.15) is 12.6 Å². The molecule has 0 aliphatic heterocycles. The number of hydrogen-bond donors (Lipinski definition) is 1. The summed E-state index contributed by atoms with van der Waals surface area (Å²) in [6.45, 7) is 4.52. The number of thiol groups is 1. The Balaban J connectivity index is 1.74. The first-order chi connectivity index (χ1) is 13.3. The maximum absolute atomic E-state index is 4.27. The van der Waals surface area contributed by atoms with Gasteiger partial charge in [-0.1, -0.05) is 39.0 Å². The Morgan fingerprint density at radius 2 is 1.00 bits per heavy atom. The zero-order chi connectivity index (χ0) is 19.2. The number of hydrogen-bond acceptors (Lipinski definition) is 1. The molecule has 2 nitrogen and oxygen atoms in total. The average molecular weight is 387 g/mol. The molecule has 0 amide bonds. The normalized spacial score (nSPS) is 11.0. The van der Waals surface area contributed by atoms with Crippen molar-refractivity contribution >= 4 is 12.6 Å². The fourth-order valence-corrected chi connectivity index (χ4v) is 3.66. The van der Waals surface area contributed by atoms with Gasteiger partial charge in [-0.25, -0.2) is 9.13 Å². The molecule has 0 saturated heterocycles. The minimum Gasteiger partial charge on any atom is -0.205 e. The summed E-state index contributed by atoms with van der Waals surface area (Å²) >= 11 is 4.27. The van der Waals surface area contributed by atoms with Crippen LogP contribution in [0.5, 0.6) is 0 Å². The van der Waals surface area contributed by atoms with E-state index >= 15 is 0 Å². The molecule has 0 aliphatic carbocycles. The Morgan fingerprint density at radius 3 is 1.44 bits per heavy atom. The summed E-state index contributed by atoms with van der Waals surface area (Å²) in [4.78, 5) is 0. The molecule has 0 unspecified atom stereocenters. The molecule has 0 N–H and O–H groups in total. The number of pyridine rings is 2. The van der Waals surface area contributed by atoms with Crippen molar-refractivity contribution in [3.8, 4) is 11.1 Å². The number of rotatable bonds is 14. The van der Waals surface area contributed by atoms with Gasteiger partial charge in [-0.05, 0) is 36.1 Å². The van der Waals surface area contributed by atoms with E-state index in [1.54, 1.807) is 0 Å². The molecule has 0 fully saturated rings. The minimum atomic E-state index is 1.01. The molecule has 148 valence electrons. The van der Waals surface area contributed by atoms with Crippen molar-refractivity contribution in [1.29, 1.82) is 0 Å². The van der Waals surface area contributed by atoms with Crippen LogP contribution < -0.4 is 9.13 Å². The van der Waals surface area contributed by atoms with Crippen LogP contribution in [0.3, 0.4) is 0 Å². The van der Waals surface area contributed by atoms with Crippen molar-refractivity contribution in [3.63, 3.8) is 0 Å². The molecule has 2 aromatic heterocycles. The maximum Gasteiger partial charge on any atom is 0.169 e. The van der Waals surface area contributed by atoms with Gasteiger partial charge in [0.1, 0.15) is 13.1 Å². The molecule has 27 heavy (non-hydrogen) atoms. The molecular formula is C24H38N2S+2. The standard InChI is InChI=1S/C24H37N2S/c1-2-3-4-5-6-9-16-25-18-12-23(13-19-25)24-14-20-26(21-15-24)17-10-7-8-11-22-27/h12-15,18-21H,2-11,16-17,22H2,1H3/q+1/p+1. The van der Waals surface area contributed by atoms with Crippen LogP contribution in [0.4, 0.5) is 0 Å². The number of unbranched alkanes of at least 4 members (excludes halogenated alkanes) is 8. The van der Waals surface area contributed by atoms with E-state index in [9.17, 15) is 0 Å². The quantitative estimate of drug-likeness (QED) is 0.239. The first-order valence-electron chi connectivity index (χ1n) is 10.9. The van der Waals surface area contributed by atoms with E-state index in [4.69, 9.17) is 0 Å². The van der Waals surface area contributed by atoms with Crippen molar-refractivity contribution in [2.24, 2.45) is 0 Å². The molecule has 0 atom stereocenters. The van der Waals surface area contributed by atoms with E-state index in [2.05, 4.69) is 77.7 Å². The predicted octanol–water partition coefficient (Wildman–Crippen LogP) is 5.78. The van der Waals surface area contributed by atoms with E-state index in [1.165, 1.54) is 75.3 Å². The summed E-state index contributed by atoms with van der Waals surface area (Å²) < 4.78 is 4.61. The van der Waals surface area contributed by atoms with Crippen LogP contribution in [0.15, 0.2) is 49.1 Å². The first-order valence-corrected chi connectivity index (χ1v) is 11.6. The molecule has 0 spiro atoms. The highest BCUT2D eigenvalue weighted by atomic mass is 32.1. The fraction of sp³-hybridized carbons (Fsp3) is 0.583. The van der Waals surface area contributed by atoms with E-state index < -0.39 is 0 Å². The van der Waals surface area contributed by atoms with Gasteiger partial charge in [0.15, 0.2) is 24.8 Å².